The van der Waals surface area contributed by atoms with Gasteiger partial charge in [-0.05, 0) is 0 Å². The number of nitrogens with one attached hydrogen (secondary N) is 1. The summed E-state index contributed by atoms with van der Waals surface area (Å²) >= 11 is 1.65. The molecule has 1 heterocycles. The Morgan fingerprint density at radius 1 is 1.54 bits per heavy atom. The Hall–Kier alpha value is -0.480. The van der Waals surface area contributed by atoms with Gasteiger partial charge in [0.2, 0.25) is 0 Å². The van der Waals surface area contributed by atoms with Crippen molar-refractivity contribution < 1.29 is 4.42 Å². The second kappa shape index (κ2) is 5.29. The zero-order valence-electron chi connectivity index (χ0n) is 8.28. The quantitative estimate of drug-likeness (QED) is 0.739. The van der Waals surface area contributed by atoms with E-state index in [0.717, 1.165) is 11.8 Å². The third-order valence-corrected chi connectivity index (χ3v) is 2.50. The molecule has 0 aromatic carbocycles. The first-order valence-electron chi connectivity index (χ1n) is 4.48. The number of thioether (sulfide) groups is 1. The van der Waals surface area contributed by atoms with Gasteiger partial charge in [0.05, 0.1) is 6.20 Å². The van der Waals surface area contributed by atoms with Gasteiger partial charge in [-0.25, -0.2) is 4.98 Å². The molecule has 1 atom stereocenters. The van der Waals surface area contributed by atoms with Crippen molar-refractivity contribution in [3.8, 4) is 0 Å². The van der Waals surface area contributed by atoms with Crippen molar-refractivity contribution >= 4 is 11.8 Å². The molecule has 74 valence electrons. The summed E-state index contributed by atoms with van der Waals surface area (Å²) in [6, 6.07) is 0.535. The highest BCUT2D eigenvalue weighted by Crippen LogP contribution is 2.20. The van der Waals surface area contributed by atoms with Crippen molar-refractivity contribution in [1.82, 2.24) is 10.3 Å². The van der Waals surface area contributed by atoms with E-state index in [-0.39, 0.29) is 0 Å². The maximum absolute atomic E-state index is 5.14. The van der Waals surface area contributed by atoms with E-state index < -0.39 is 0 Å². The van der Waals surface area contributed by atoms with Gasteiger partial charge >= 0.3 is 0 Å². The van der Waals surface area contributed by atoms with Crippen LogP contribution in [-0.4, -0.2) is 22.8 Å². The number of nitrogens with zero attached hydrogens (tertiary/aromatic N) is 1. The standard InChI is InChI=1S/C9H16N2OS/c1-7(2)11-6-8(3)13-9-10-4-5-12-9/h4-5,7-8,11H,6H2,1-3H3. The second-order valence-corrected chi connectivity index (χ2v) is 4.68. The maximum Gasteiger partial charge on any atom is 0.255 e. The highest BCUT2D eigenvalue weighted by atomic mass is 32.2. The molecule has 1 N–H and O–H groups in total. The summed E-state index contributed by atoms with van der Waals surface area (Å²) in [4.78, 5) is 4.05. The second-order valence-electron chi connectivity index (χ2n) is 3.29. The average Bonchev–Trinajstić information content (AvgIpc) is 2.53. The number of oxazole rings is 1. The van der Waals surface area contributed by atoms with Crippen LogP contribution in [0.5, 0.6) is 0 Å². The van der Waals surface area contributed by atoms with E-state index in [1.54, 1.807) is 24.2 Å². The number of rotatable bonds is 5. The highest BCUT2D eigenvalue weighted by molar-refractivity contribution is 7.99. The lowest BCUT2D eigenvalue weighted by Crippen LogP contribution is -2.28. The van der Waals surface area contributed by atoms with Crippen molar-refractivity contribution in [2.45, 2.75) is 37.3 Å². The van der Waals surface area contributed by atoms with Crippen LogP contribution in [0.4, 0.5) is 0 Å². The lowest BCUT2D eigenvalue weighted by Gasteiger charge is -2.12. The van der Waals surface area contributed by atoms with Gasteiger partial charge in [-0.2, -0.15) is 0 Å². The van der Waals surface area contributed by atoms with Gasteiger partial charge in [0.1, 0.15) is 6.26 Å². The lowest BCUT2D eigenvalue weighted by atomic mass is 10.3. The van der Waals surface area contributed by atoms with Crippen LogP contribution >= 0.6 is 11.8 Å². The van der Waals surface area contributed by atoms with Crippen LogP contribution in [0.15, 0.2) is 22.1 Å². The number of hydrogen-bond donors (Lipinski definition) is 1. The van der Waals surface area contributed by atoms with Gasteiger partial charge in [-0.3, -0.25) is 0 Å². The van der Waals surface area contributed by atoms with E-state index in [1.807, 2.05) is 0 Å². The molecule has 0 spiro atoms. The minimum atomic E-state index is 0.487. The zero-order valence-corrected chi connectivity index (χ0v) is 9.10. The molecule has 0 radical (unpaired) electrons. The molecular formula is C9H16N2OS. The topological polar surface area (TPSA) is 38.1 Å². The summed E-state index contributed by atoms with van der Waals surface area (Å²) in [5.41, 5.74) is 0. The zero-order chi connectivity index (χ0) is 9.68. The smallest absolute Gasteiger partial charge is 0.255 e. The molecule has 4 heteroatoms. The van der Waals surface area contributed by atoms with Crippen LogP contribution in [0.25, 0.3) is 0 Å². The minimum absolute atomic E-state index is 0.487. The van der Waals surface area contributed by atoms with E-state index in [0.29, 0.717) is 11.3 Å². The van der Waals surface area contributed by atoms with Gasteiger partial charge in [0.25, 0.3) is 5.22 Å². The molecule has 0 saturated carbocycles. The van der Waals surface area contributed by atoms with Crippen molar-refractivity contribution in [1.29, 1.82) is 0 Å². The van der Waals surface area contributed by atoms with Gasteiger partial charge < -0.3 is 9.73 Å². The summed E-state index contributed by atoms with van der Waals surface area (Å²) in [6.45, 7) is 7.42. The van der Waals surface area contributed by atoms with Crippen molar-refractivity contribution in [3.05, 3.63) is 12.5 Å². The van der Waals surface area contributed by atoms with Gasteiger partial charge in [-0.1, -0.05) is 32.5 Å². The minimum Gasteiger partial charge on any atom is -0.440 e. The average molecular weight is 200 g/mol. The number of aromatic nitrogens is 1. The molecular weight excluding hydrogens is 184 g/mol. The molecule has 0 aliphatic rings. The maximum atomic E-state index is 5.14. The molecule has 1 aromatic rings. The molecule has 0 aliphatic carbocycles. The van der Waals surface area contributed by atoms with Gasteiger partial charge in [0, 0.05) is 17.8 Å². The Labute approximate surface area is 83.3 Å². The SMILES string of the molecule is CC(C)NCC(C)Sc1ncco1. The first-order chi connectivity index (χ1) is 6.18. The monoisotopic (exact) mass is 200 g/mol. The Morgan fingerprint density at radius 2 is 2.31 bits per heavy atom. The Kier molecular flexibility index (Phi) is 4.32. The first-order valence-corrected chi connectivity index (χ1v) is 5.36. The fraction of sp³-hybridized carbons (Fsp3) is 0.667. The molecule has 0 fully saturated rings. The molecule has 1 rings (SSSR count). The van der Waals surface area contributed by atoms with E-state index in [9.17, 15) is 0 Å². The summed E-state index contributed by atoms with van der Waals surface area (Å²) < 4.78 is 5.14. The summed E-state index contributed by atoms with van der Waals surface area (Å²) in [5.74, 6) is 0. The predicted molar refractivity (Wildman–Crippen MR) is 55.0 cm³/mol. The fourth-order valence-electron chi connectivity index (χ4n) is 0.884. The van der Waals surface area contributed by atoms with Crippen molar-refractivity contribution in [2.24, 2.45) is 0 Å². The van der Waals surface area contributed by atoms with Crippen LogP contribution in [-0.2, 0) is 0 Å². The lowest BCUT2D eigenvalue weighted by molar-refractivity contribution is 0.452. The third kappa shape index (κ3) is 4.33. The molecule has 1 unspecified atom stereocenters. The molecule has 0 saturated heterocycles. The predicted octanol–water partition coefficient (Wildman–Crippen LogP) is 2.15. The van der Waals surface area contributed by atoms with E-state index in [2.05, 4.69) is 31.1 Å². The molecule has 0 bridgehead atoms. The molecule has 13 heavy (non-hydrogen) atoms. The molecule has 0 amide bonds. The van der Waals surface area contributed by atoms with Crippen LogP contribution in [0, 0.1) is 0 Å². The van der Waals surface area contributed by atoms with Crippen LogP contribution in [0.2, 0.25) is 0 Å². The third-order valence-electron chi connectivity index (χ3n) is 1.53. The Morgan fingerprint density at radius 3 is 2.85 bits per heavy atom. The molecule has 0 aliphatic heterocycles. The first kappa shape index (κ1) is 10.6. The van der Waals surface area contributed by atoms with E-state index in [4.69, 9.17) is 4.42 Å². The van der Waals surface area contributed by atoms with Crippen molar-refractivity contribution in [3.63, 3.8) is 0 Å². The van der Waals surface area contributed by atoms with E-state index in [1.165, 1.54) is 0 Å². The normalized spacial score (nSPS) is 13.5. The molecule has 1 aromatic heterocycles. The number of hydrogen-bond acceptors (Lipinski definition) is 4. The Balaban J connectivity index is 2.22. The van der Waals surface area contributed by atoms with Gasteiger partial charge in [0.15, 0.2) is 0 Å². The van der Waals surface area contributed by atoms with Crippen LogP contribution < -0.4 is 5.32 Å². The van der Waals surface area contributed by atoms with Crippen LogP contribution in [0.1, 0.15) is 20.8 Å². The summed E-state index contributed by atoms with van der Waals surface area (Å²) in [5, 5.41) is 4.60. The Bertz CT molecular complexity index is 224. The largest absolute Gasteiger partial charge is 0.440 e. The fourth-order valence-corrected chi connectivity index (χ4v) is 1.64. The highest BCUT2D eigenvalue weighted by Gasteiger charge is 2.07. The van der Waals surface area contributed by atoms with E-state index >= 15 is 0 Å². The molecule has 3 nitrogen and oxygen atoms in total. The van der Waals surface area contributed by atoms with Crippen LogP contribution in [0.3, 0.4) is 0 Å². The summed E-state index contributed by atoms with van der Waals surface area (Å²) in [7, 11) is 0. The summed E-state index contributed by atoms with van der Waals surface area (Å²) in [6.07, 6.45) is 3.27. The van der Waals surface area contributed by atoms with Crippen molar-refractivity contribution in [2.75, 3.05) is 6.54 Å². The van der Waals surface area contributed by atoms with Gasteiger partial charge in [-0.15, -0.1) is 0 Å².